The zero-order valence-corrected chi connectivity index (χ0v) is 8.76. The fraction of sp³-hybridized carbons (Fsp3) is 0.444. The van der Waals surface area contributed by atoms with E-state index in [1.165, 1.54) is 16.2 Å². The molecule has 0 aliphatic rings. The van der Waals surface area contributed by atoms with E-state index in [9.17, 15) is 4.79 Å². The molecule has 0 saturated heterocycles. The first-order valence-corrected chi connectivity index (χ1v) is 4.87. The fourth-order valence-corrected chi connectivity index (χ4v) is 2.02. The molecule has 4 heteroatoms. The van der Waals surface area contributed by atoms with E-state index in [1.54, 1.807) is 0 Å². The zero-order chi connectivity index (χ0) is 10.1. The van der Waals surface area contributed by atoms with Gasteiger partial charge >= 0.3 is 6.09 Å². The van der Waals surface area contributed by atoms with Crippen LogP contribution in [-0.2, 0) is 0 Å². The number of nitrogens with zero attached hydrogens (tertiary/aromatic N) is 1. The maximum atomic E-state index is 11.0. The summed E-state index contributed by atoms with van der Waals surface area (Å²) in [5, 5.41) is 11.6. The van der Waals surface area contributed by atoms with Gasteiger partial charge in [0, 0.05) is 5.54 Å². The molecular weight excluding hydrogens is 186 g/mol. The summed E-state index contributed by atoms with van der Waals surface area (Å²) >= 11 is 1.43. The second-order valence-electron chi connectivity index (χ2n) is 3.74. The first-order chi connectivity index (χ1) is 5.93. The number of carbonyl (C=O) groups is 1. The van der Waals surface area contributed by atoms with Crippen molar-refractivity contribution < 1.29 is 9.90 Å². The van der Waals surface area contributed by atoms with Crippen molar-refractivity contribution in [2.75, 3.05) is 4.90 Å². The average Bonchev–Trinajstić information content (AvgIpc) is 2.34. The molecule has 0 aliphatic carbocycles. The number of hydrogen-bond acceptors (Lipinski definition) is 2. The van der Waals surface area contributed by atoms with Crippen molar-refractivity contribution in [2.24, 2.45) is 0 Å². The lowest BCUT2D eigenvalue weighted by Gasteiger charge is -2.31. The van der Waals surface area contributed by atoms with Gasteiger partial charge in [-0.25, -0.2) is 4.79 Å². The van der Waals surface area contributed by atoms with Gasteiger partial charge < -0.3 is 5.11 Å². The molecule has 0 bridgehead atoms. The second kappa shape index (κ2) is 3.38. The Morgan fingerprint density at radius 1 is 1.54 bits per heavy atom. The molecule has 1 amide bonds. The van der Waals surface area contributed by atoms with Gasteiger partial charge in [-0.2, -0.15) is 0 Å². The maximum Gasteiger partial charge on any atom is 0.412 e. The minimum atomic E-state index is -0.907. The van der Waals surface area contributed by atoms with Crippen LogP contribution in [0.5, 0.6) is 0 Å². The van der Waals surface area contributed by atoms with Gasteiger partial charge in [-0.3, -0.25) is 4.90 Å². The van der Waals surface area contributed by atoms with Crippen LogP contribution in [0.25, 0.3) is 0 Å². The Hall–Kier alpha value is -1.03. The third-order valence-electron chi connectivity index (χ3n) is 1.59. The Bertz CT molecular complexity index is 287. The Kier molecular flexibility index (Phi) is 2.61. The smallest absolute Gasteiger partial charge is 0.412 e. The molecule has 13 heavy (non-hydrogen) atoms. The third kappa shape index (κ3) is 2.21. The lowest BCUT2D eigenvalue weighted by molar-refractivity contribution is 0.196. The van der Waals surface area contributed by atoms with Gasteiger partial charge in [0.05, 0.1) is 0 Å². The SMILES string of the molecule is CC(C)(C)N(C(=O)O)c1cccs1. The molecule has 0 radical (unpaired) electrons. The molecule has 0 unspecified atom stereocenters. The highest BCUT2D eigenvalue weighted by molar-refractivity contribution is 7.14. The predicted octanol–water partition coefficient (Wildman–Crippen LogP) is 3.03. The van der Waals surface area contributed by atoms with Crippen molar-refractivity contribution in [2.45, 2.75) is 26.3 Å². The minimum Gasteiger partial charge on any atom is -0.465 e. The number of hydrogen-bond donors (Lipinski definition) is 1. The molecule has 0 fully saturated rings. The molecular formula is C9H13NO2S. The lowest BCUT2D eigenvalue weighted by atomic mass is 10.1. The molecule has 0 spiro atoms. The quantitative estimate of drug-likeness (QED) is 0.755. The lowest BCUT2D eigenvalue weighted by Crippen LogP contribution is -2.44. The highest BCUT2D eigenvalue weighted by atomic mass is 32.1. The molecule has 3 nitrogen and oxygen atoms in total. The Labute approximate surface area is 81.6 Å². The first kappa shape index (κ1) is 10.1. The van der Waals surface area contributed by atoms with E-state index in [-0.39, 0.29) is 0 Å². The fourth-order valence-electron chi connectivity index (χ4n) is 1.11. The van der Waals surface area contributed by atoms with Crippen LogP contribution in [0.4, 0.5) is 9.80 Å². The van der Waals surface area contributed by atoms with Gasteiger partial charge in [0.15, 0.2) is 0 Å². The molecule has 0 atom stereocenters. The highest BCUT2D eigenvalue weighted by Gasteiger charge is 2.28. The summed E-state index contributed by atoms with van der Waals surface area (Å²) in [6.07, 6.45) is -0.907. The van der Waals surface area contributed by atoms with Crippen molar-refractivity contribution in [3.8, 4) is 0 Å². The van der Waals surface area contributed by atoms with Crippen LogP contribution in [0.15, 0.2) is 17.5 Å². The van der Waals surface area contributed by atoms with Crippen LogP contribution < -0.4 is 4.90 Å². The number of amides is 1. The van der Waals surface area contributed by atoms with Gasteiger partial charge in [-0.05, 0) is 38.3 Å². The van der Waals surface area contributed by atoms with Crippen LogP contribution in [-0.4, -0.2) is 16.7 Å². The third-order valence-corrected chi connectivity index (χ3v) is 2.44. The summed E-state index contributed by atoms with van der Waals surface area (Å²) < 4.78 is 0. The van der Waals surface area contributed by atoms with E-state index in [0.29, 0.717) is 0 Å². The zero-order valence-electron chi connectivity index (χ0n) is 7.94. The van der Waals surface area contributed by atoms with Gasteiger partial charge in [0.25, 0.3) is 0 Å². The summed E-state index contributed by atoms with van der Waals surface area (Å²) in [6, 6.07) is 3.66. The first-order valence-electron chi connectivity index (χ1n) is 3.99. The van der Waals surface area contributed by atoms with Crippen molar-refractivity contribution in [3.05, 3.63) is 17.5 Å². The van der Waals surface area contributed by atoms with E-state index >= 15 is 0 Å². The topological polar surface area (TPSA) is 40.5 Å². The average molecular weight is 199 g/mol. The second-order valence-corrected chi connectivity index (χ2v) is 4.67. The van der Waals surface area contributed by atoms with Crippen molar-refractivity contribution in [1.29, 1.82) is 0 Å². The van der Waals surface area contributed by atoms with Gasteiger partial charge in [-0.15, -0.1) is 11.3 Å². The molecule has 1 rings (SSSR count). The number of carboxylic acid groups (broad SMARTS) is 1. The summed E-state index contributed by atoms with van der Waals surface area (Å²) in [4.78, 5) is 12.3. The van der Waals surface area contributed by atoms with E-state index in [1.807, 2.05) is 38.3 Å². The number of rotatable bonds is 1. The van der Waals surface area contributed by atoms with Crippen LogP contribution >= 0.6 is 11.3 Å². The maximum absolute atomic E-state index is 11.0. The Morgan fingerprint density at radius 2 is 2.15 bits per heavy atom. The Morgan fingerprint density at radius 3 is 2.46 bits per heavy atom. The summed E-state index contributed by atoms with van der Waals surface area (Å²) in [6.45, 7) is 5.63. The summed E-state index contributed by atoms with van der Waals surface area (Å²) in [5.74, 6) is 0. The normalized spacial score (nSPS) is 11.3. The summed E-state index contributed by atoms with van der Waals surface area (Å²) in [7, 11) is 0. The van der Waals surface area contributed by atoms with Crippen molar-refractivity contribution >= 4 is 22.4 Å². The molecule has 0 aromatic carbocycles. The number of anilines is 1. The van der Waals surface area contributed by atoms with Gasteiger partial charge in [0.2, 0.25) is 0 Å². The molecule has 0 aliphatic heterocycles. The standard InChI is InChI=1S/C9H13NO2S/c1-9(2,3)10(8(11)12)7-5-4-6-13-7/h4-6H,1-3H3,(H,11,12). The van der Waals surface area contributed by atoms with E-state index in [4.69, 9.17) is 5.11 Å². The highest BCUT2D eigenvalue weighted by Crippen LogP contribution is 2.28. The molecule has 1 aromatic heterocycles. The van der Waals surface area contributed by atoms with Gasteiger partial charge in [-0.1, -0.05) is 0 Å². The predicted molar refractivity (Wildman–Crippen MR) is 54.6 cm³/mol. The van der Waals surface area contributed by atoms with E-state index in [2.05, 4.69) is 0 Å². The van der Waals surface area contributed by atoms with Crippen LogP contribution in [0.1, 0.15) is 20.8 Å². The molecule has 1 N–H and O–H groups in total. The van der Waals surface area contributed by atoms with E-state index < -0.39 is 11.6 Å². The minimum absolute atomic E-state index is 0.392. The molecule has 0 saturated carbocycles. The summed E-state index contributed by atoms with van der Waals surface area (Å²) in [5.41, 5.74) is -0.392. The number of thiophene rings is 1. The van der Waals surface area contributed by atoms with Crippen molar-refractivity contribution in [1.82, 2.24) is 0 Å². The Balaban J connectivity index is 3.01. The van der Waals surface area contributed by atoms with Crippen LogP contribution in [0.3, 0.4) is 0 Å². The molecule has 1 heterocycles. The largest absolute Gasteiger partial charge is 0.465 e. The molecule has 1 aromatic rings. The van der Waals surface area contributed by atoms with Gasteiger partial charge in [0.1, 0.15) is 5.00 Å². The van der Waals surface area contributed by atoms with Crippen LogP contribution in [0.2, 0.25) is 0 Å². The van der Waals surface area contributed by atoms with Crippen LogP contribution in [0, 0.1) is 0 Å². The monoisotopic (exact) mass is 199 g/mol. The van der Waals surface area contributed by atoms with Crippen molar-refractivity contribution in [3.63, 3.8) is 0 Å². The molecule has 72 valence electrons. The van der Waals surface area contributed by atoms with E-state index in [0.717, 1.165) is 5.00 Å².